The molecule has 6 nitrogen and oxygen atoms in total. The zero-order chi connectivity index (χ0) is 20.8. The number of nitrogens with one attached hydrogen (secondary N) is 3. The van der Waals surface area contributed by atoms with Crippen molar-refractivity contribution < 1.29 is 9.59 Å². The predicted molar refractivity (Wildman–Crippen MR) is 118 cm³/mol. The van der Waals surface area contributed by atoms with Crippen LogP contribution in [0.4, 0.5) is 15.6 Å². The topological polar surface area (TPSA) is 83.1 Å². The summed E-state index contributed by atoms with van der Waals surface area (Å²) in [5.41, 5.74) is 3.45. The Kier molecular flexibility index (Phi) is 6.85. The molecule has 0 saturated heterocycles. The van der Waals surface area contributed by atoms with Crippen LogP contribution in [-0.2, 0) is 6.42 Å². The van der Waals surface area contributed by atoms with E-state index in [-0.39, 0.29) is 5.91 Å². The van der Waals surface area contributed by atoms with Gasteiger partial charge in [0.2, 0.25) is 0 Å². The van der Waals surface area contributed by atoms with Gasteiger partial charge in [-0.1, -0.05) is 52.8 Å². The Morgan fingerprint density at radius 3 is 2.38 bits per heavy atom. The van der Waals surface area contributed by atoms with Crippen LogP contribution in [0.15, 0.2) is 48.5 Å². The van der Waals surface area contributed by atoms with E-state index in [1.165, 1.54) is 0 Å². The monoisotopic (exact) mass is 428 g/mol. The van der Waals surface area contributed by atoms with E-state index in [4.69, 9.17) is 11.6 Å². The van der Waals surface area contributed by atoms with Crippen LogP contribution in [-0.4, -0.2) is 23.5 Å². The van der Waals surface area contributed by atoms with Crippen LogP contribution in [0.1, 0.15) is 26.5 Å². The van der Waals surface area contributed by atoms with E-state index in [9.17, 15) is 9.59 Å². The lowest BCUT2D eigenvalue weighted by Crippen LogP contribution is -2.25. The average Bonchev–Trinajstić information content (AvgIpc) is 3.05. The largest absolute Gasteiger partial charge is 0.351 e. The molecule has 0 aliphatic heterocycles. The third-order valence-corrected chi connectivity index (χ3v) is 5.47. The molecule has 0 saturated carbocycles. The lowest BCUT2D eigenvalue weighted by Gasteiger charge is -2.05. The summed E-state index contributed by atoms with van der Waals surface area (Å²) in [6.45, 7) is 4.21. The van der Waals surface area contributed by atoms with Crippen molar-refractivity contribution in [2.45, 2.75) is 20.3 Å². The minimum atomic E-state index is -0.405. The van der Waals surface area contributed by atoms with Gasteiger partial charge in [-0.15, -0.1) is 0 Å². The van der Waals surface area contributed by atoms with Crippen molar-refractivity contribution in [3.05, 3.63) is 75.3 Å². The van der Waals surface area contributed by atoms with E-state index < -0.39 is 6.03 Å². The van der Waals surface area contributed by atoms with Gasteiger partial charge in [0.25, 0.3) is 5.91 Å². The van der Waals surface area contributed by atoms with Crippen LogP contribution in [0.3, 0.4) is 0 Å². The first-order valence-electron chi connectivity index (χ1n) is 9.05. The Morgan fingerprint density at radius 1 is 1.00 bits per heavy atom. The summed E-state index contributed by atoms with van der Waals surface area (Å²) < 4.78 is 0. The van der Waals surface area contributed by atoms with Gasteiger partial charge in [-0.25, -0.2) is 9.78 Å². The van der Waals surface area contributed by atoms with E-state index in [1.54, 1.807) is 6.92 Å². The fourth-order valence-corrected chi connectivity index (χ4v) is 3.61. The highest BCUT2D eigenvalue weighted by Gasteiger charge is 2.16. The summed E-state index contributed by atoms with van der Waals surface area (Å²) in [5, 5.41) is 9.35. The van der Waals surface area contributed by atoms with E-state index >= 15 is 0 Å². The molecule has 1 heterocycles. The van der Waals surface area contributed by atoms with Crippen molar-refractivity contribution in [3.63, 3.8) is 0 Å². The molecule has 3 aromatic rings. The van der Waals surface area contributed by atoms with Crippen molar-refractivity contribution in [3.8, 4) is 0 Å². The van der Waals surface area contributed by atoms with Crippen molar-refractivity contribution in [1.29, 1.82) is 0 Å². The van der Waals surface area contributed by atoms with Gasteiger partial charge in [-0.05, 0) is 50.1 Å². The molecule has 150 valence electrons. The predicted octanol–water partition coefficient (Wildman–Crippen LogP) is 5.03. The first kappa shape index (κ1) is 20.8. The quantitative estimate of drug-likeness (QED) is 0.514. The van der Waals surface area contributed by atoms with Crippen molar-refractivity contribution in [2.75, 3.05) is 17.2 Å². The molecule has 0 fully saturated rings. The van der Waals surface area contributed by atoms with Crippen molar-refractivity contribution in [1.82, 2.24) is 10.3 Å². The number of halogens is 1. The number of rotatable bonds is 6. The maximum atomic E-state index is 12.4. The summed E-state index contributed by atoms with van der Waals surface area (Å²) in [6, 6.07) is 14.6. The molecule has 0 aliphatic rings. The molecule has 2 aromatic carbocycles. The number of hydrogen-bond acceptors (Lipinski definition) is 4. The van der Waals surface area contributed by atoms with E-state index in [2.05, 4.69) is 20.9 Å². The Labute approximate surface area is 178 Å². The van der Waals surface area contributed by atoms with Crippen LogP contribution < -0.4 is 16.0 Å². The highest BCUT2D eigenvalue weighted by molar-refractivity contribution is 7.17. The summed E-state index contributed by atoms with van der Waals surface area (Å²) in [4.78, 5) is 29.3. The summed E-state index contributed by atoms with van der Waals surface area (Å²) in [7, 11) is 0. The Balaban J connectivity index is 1.53. The summed E-state index contributed by atoms with van der Waals surface area (Å²) >= 11 is 7.02. The number of anilines is 2. The molecular formula is C21H21ClN4O2S. The number of amides is 3. The smallest absolute Gasteiger partial charge is 0.325 e. The zero-order valence-corrected chi connectivity index (χ0v) is 17.7. The van der Waals surface area contributed by atoms with Crippen molar-refractivity contribution >= 4 is 45.7 Å². The molecule has 0 unspecified atom stereocenters. The molecule has 0 aliphatic carbocycles. The first-order valence-corrected chi connectivity index (χ1v) is 10.2. The summed E-state index contributed by atoms with van der Waals surface area (Å²) in [5.74, 6) is -0.207. The molecular weight excluding hydrogens is 408 g/mol. The SMILES string of the molecule is Cc1ccc(NC(=O)Nc2nc(C)c(C(=O)NCCc3ccc(Cl)cc3)s2)cc1. The zero-order valence-electron chi connectivity index (χ0n) is 16.1. The molecule has 0 atom stereocenters. The second-order valence-electron chi connectivity index (χ2n) is 6.51. The number of aromatic nitrogens is 1. The number of carbonyl (C=O) groups excluding carboxylic acids is 2. The van der Waals surface area contributed by atoms with Gasteiger partial charge < -0.3 is 10.6 Å². The maximum Gasteiger partial charge on any atom is 0.325 e. The van der Waals surface area contributed by atoms with Gasteiger partial charge in [0.1, 0.15) is 4.88 Å². The number of urea groups is 1. The Morgan fingerprint density at radius 2 is 1.69 bits per heavy atom. The number of hydrogen-bond donors (Lipinski definition) is 3. The lowest BCUT2D eigenvalue weighted by atomic mass is 10.1. The van der Waals surface area contributed by atoms with Gasteiger partial charge in [-0.3, -0.25) is 10.1 Å². The maximum absolute atomic E-state index is 12.4. The van der Waals surface area contributed by atoms with Gasteiger partial charge in [0.05, 0.1) is 5.69 Å². The van der Waals surface area contributed by atoms with Gasteiger partial charge >= 0.3 is 6.03 Å². The molecule has 29 heavy (non-hydrogen) atoms. The molecule has 0 spiro atoms. The van der Waals surface area contributed by atoms with Crippen LogP contribution in [0.2, 0.25) is 5.02 Å². The number of nitrogens with zero attached hydrogens (tertiary/aromatic N) is 1. The number of benzene rings is 2. The first-order chi connectivity index (χ1) is 13.9. The van der Waals surface area contributed by atoms with E-state index in [1.807, 2.05) is 55.5 Å². The summed E-state index contributed by atoms with van der Waals surface area (Å²) in [6.07, 6.45) is 0.699. The Hall–Kier alpha value is -2.90. The third-order valence-electron chi connectivity index (χ3n) is 4.15. The van der Waals surface area contributed by atoms with E-state index in [0.717, 1.165) is 22.5 Å². The number of carbonyl (C=O) groups is 2. The van der Waals surface area contributed by atoms with Gasteiger partial charge in [0.15, 0.2) is 5.13 Å². The minimum Gasteiger partial charge on any atom is -0.351 e. The van der Waals surface area contributed by atoms with Gasteiger partial charge in [-0.2, -0.15) is 0 Å². The third kappa shape index (κ3) is 6.04. The average molecular weight is 429 g/mol. The minimum absolute atomic E-state index is 0.207. The number of thiazole rings is 1. The lowest BCUT2D eigenvalue weighted by molar-refractivity contribution is 0.0957. The molecule has 3 N–H and O–H groups in total. The fourth-order valence-electron chi connectivity index (χ4n) is 2.61. The molecule has 8 heteroatoms. The van der Waals surface area contributed by atoms with Crippen LogP contribution in [0, 0.1) is 13.8 Å². The number of aryl methyl sites for hydroxylation is 2. The van der Waals surface area contributed by atoms with Crippen LogP contribution in [0.25, 0.3) is 0 Å². The van der Waals surface area contributed by atoms with Crippen molar-refractivity contribution in [2.24, 2.45) is 0 Å². The second kappa shape index (κ2) is 9.54. The molecule has 3 amide bonds. The van der Waals surface area contributed by atoms with E-state index in [0.29, 0.717) is 39.4 Å². The highest BCUT2D eigenvalue weighted by atomic mass is 35.5. The Bertz CT molecular complexity index is 1000. The van der Waals surface area contributed by atoms with Crippen LogP contribution >= 0.6 is 22.9 Å². The molecule has 0 bridgehead atoms. The fraction of sp³-hybridized carbons (Fsp3) is 0.190. The van der Waals surface area contributed by atoms with Crippen LogP contribution in [0.5, 0.6) is 0 Å². The second-order valence-corrected chi connectivity index (χ2v) is 7.95. The molecule has 3 rings (SSSR count). The normalized spacial score (nSPS) is 10.4. The standard InChI is InChI=1S/C21H21ClN4O2S/c1-13-3-9-17(10-4-13)25-20(28)26-21-24-14(2)18(29-21)19(27)23-12-11-15-5-7-16(22)8-6-15/h3-10H,11-12H2,1-2H3,(H,23,27)(H2,24,25,26,28). The van der Waals surface area contributed by atoms with Gasteiger partial charge in [0, 0.05) is 17.3 Å². The molecule has 1 aromatic heterocycles. The molecule has 0 radical (unpaired) electrons. The highest BCUT2D eigenvalue weighted by Crippen LogP contribution is 2.23.